The second-order valence-electron chi connectivity index (χ2n) is 3.90. The first-order valence-electron chi connectivity index (χ1n) is 5.28. The summed E-state index contributed by atoms with van der Waals surface area (Å²) in [5.41, 5.74) is 3.74. The van der Waals surface area contributed by atoms with Crippen LogP contribution >= 0.6 is 0 Å². The van der Waals surface area contributed by atoms with Gasteiger partial charge in [-0.25, -0.2) is 9.97 Å². The molecule has 0 saturated heterocycles. The third-order valence-electron chi connectivity index (χ3n) is 2.67. The van der Waals surface area contributed by atoms with Crippen molar-refractivity contribution in [2.75, 3.05) is 0 Å². The summed E-state index contributed by atoms with van der Waals surface area (Å²) in [5.74, 6) is 0. The van der Waals surface area contributed by atoms with Gasteiger partial charge in [0.15, 0.2) is 11.1 Å². The molecule has 0 fully saturated rings. The Balaban J connectivity index is 2.35. The fourth-order valence-corrected chi connectivity index (χ4v) is 1.85. The summed E-state index contributed by atoms with van der Waals surface area (Å²) in [5, 5.41) is 7.69. The Hall–Kier alpha value is -2.43. The molecule has 5 nitrogen and oxygen atoms in total. The molecule has 1 aromatic carbocycles. The van der Waals surface area contributed by atoms with Gasteiger partial charge in [0.25, 0.3) is 0 Å². The molecule has 3 aromatic rings. The lowest BCUT2D eigenvalue weighted by Gasteiger charge is -2.07. The van der Waals surface area contributed by atoms with Gasteiger partial charge in [-0.3, -0.25) is 9.98 Å². The van der Waals surface area contributed by atoms with Gasteiger partial charge in [-0.1, -0.05) is 12.1 Å². The van der Waals surface area contributed by atoms with Crippen LogP contribution in [-0.4, -0.2) is 19.5 Å². The van der Waals surface area contributed by atoms with Gasteiger partial charge in [0.2, 0.25) is 0 Å². The van der Waals surface area contributed by atoms with E-state index in [0.717, 1.165) is 11.3 Å². The monoisotopic (exact) mass is 225 g/mol. The highest BCUT2D eigenvalue weighted by molar-refractivity contribution is 5.70. The van der Waals surface area contributed by atoms with E-state index in [9.17, 15) is 0 Å². The summed E-state index contributed by atoms with van der Waals surface area (Å²) >= 11 is 0. The second kappa shape index (κ2) is 3.55. The molecule has 2 N–H and O–H groups in total. The standard InChI is InChI=1S/C12H11N5/c1-8-3-2-4-9(5-8)17-7-16-11(13)10-12(17)15-6-14-10/h2-7,13H,1H3,(H,14,15). The van der Waals surface area contributed by atoms with Crippen molar-refractivity contribution < 1.29 is 0 Å². The largest absolute Gasteiger partial charge is 0.340 e. The molecule has 0 aliphatic rings. The van der Waals surface area contributed by atoms with Crippen LogP contribution in [0.4, 0.5) is 0 Å². The Morgan fingerprint density at radius 3 is 3.00 bits per heavy atom. The molecule has 0 aliphatic heterocycles. The highest BCUT2D eigenvalue weighted by Gasteiger charge is 2.05. The van der Waals surface area contributed by atoms with Gasteiger partial charge >= 0.3 is 0 Å². The predicted octanol–water partition coefficient (Wildman–Crippen LogP) is 1.54. The first-order valence-corrected chi connectivity index (χ1v) is 5.28. The van der Waals surface area contributed by atoms with E-state index in [1.165, 1.54) is 5.56 Å². The molecule has 0 unspecified atom stereocenters. The molecule has 0 aliphatic carbocycles. The van der Waals surface area contributed by atoms with E-state index in [1.54, 1.807) is 12.7 Å². The molecule has 2 heterocycles. The lowest BCUT2D eigenvalue weighted by atomic mass is 10.2. The maximum atomic E-state index is 7.69. The van der Waals surface area contributed by atoms with Crippen LogP contribution < -0.4 is 5.49 Å². The van der Waals surface area contributed by atoms with Crippen molar-refractivity contribution in [2.24, 2.45) is 0 Å². The van der Waals surface area contributed by atoms with Crippen molar-refractivity contribution in [1.82, 2.24) is 19.5 Å². The number of aryl methyl sites for hydroxylation is 1. The number of hydrogen-bond donors (Lipinski definition) is 2. The smallest absolute Gasteiger partial charge is 0.173 e. The molecule has 5 heteroatoms. The lowest BCUT2D eigenvalue weighted by Crippen LogP contribution is -2.11. The number of nitrogens with zero attached hydrogens (tertiary/aromatic N) is 3. The zero-order chi connectivity index (χ0) is 11.8. The normalized spacial score (nSPS) is 10.9. The van der Waals surface area contributed by atoms with E-state index in [2.05, 4.69) is 21.0 Å². The number of hydrogen-bond acceptors (Lipinski definition) is 3. The van der Waals surface area contributed by atoms with E-state index < -0.39 is 0 Å². The van der Waals surface area contributed by atoms with Gasteiger partial charge < -0.3 is 4.98 Å². The molecule has 0 amide bonds. The first kappa shape index (κ1) is 9.77. The number of aromatic amines is 1. The molecule has 17 heavy (non-hydrogen) atoms. The minimum atomic E-state index is 0.210. The van der Waals surface area contributed by atoms with Gasteiger partial charge in [0.1, 0.15) is 11.8 Å². The van der Waals surface area contributed by atoms with Crippen molar-refractivity contribution in [3.8, 4) is 5.69 Å². The molecule has 84 valence electrons. The number of fused-ring (bicyclic) bond motifs is 1. The maximum absolute atomic E-state index is 7.69. The molecule has 3 rings (SSSR count). The van der Waals surface area contributed by atoms with Crippen LogP contribution in [0.2, 0.25) is 0 Å². The molecule has 0 radical (unpaired) electrons. The highest BCUT2D eigenvalue weighted by atomic mass is 15.1. The highest BCUT2D eigenvalue weighted by Crippen LogP contribution is 2.13. The van der Waals surface area contributed by atoms with Gasteiger partial charge in [0.05, 0.1) is 6.33 Å². The Morgan fingerprint density at radius 2 is 2.18 bits per heavy atom. The molecule has 0 atom stereocenters. The van der Waals surface area contributed by atoms with E-state index in [-0.39, 0.29) is 5.49 Å². The molecule has 0 bridgehead atoms. The zero-order valence-corrected chi connectivity index (χ0v) is 9.31. The predicted molar refractivity (Wildman–Crippen MR) is 63.8 cm³/mol. The molecular formula is C12H11N5. The number of benzene rings is 1. The van der Waals surface area contributed by atoms with Gasteiger partial charge in [-0.15, -0.1) is 0 Å². The molecule has 0 spiro atoms. The van der Waals surface area contributed by atoms with Crippen LogP contribution in [-0.2, 0) is 0 Å². The minimum Gasteiger partial charge on any atom is -0.340 e. The maximum Gasteiger partial charge on any atom is 0.173 e. The Labute approximate surface area is 97.3 Å². The SMILES string of the molecule is Cc1cccc(-n2cnc(=N)c3[nH]cnc32)c1. The average Bonchev–Trinajstić information content (AvgIpc) is 2.79. The fourth-order valence-electron chi connectivity index (χ4n) is 1.85. The lowest BCUT2D eigenvalue weighted by molar-refractivity contribution is 0.969. The first-order chi connectivity index (χ1) is 8.25. The van der Waals surface area contributed by atoms with Crippen molar-refractivity contribution >= 4 is 11.2 Å². The summed E-state index contributed by atoms with van der Waals surface area (Å²) in [6.07, 6.45) is 3.21. The van der Waals surface area contributed by atoms with Crippen LogP contribution in [0.3, 0.4) is 0 Å². The van der Waals surface area contributed by atoms with Crippen molar-refractivity contribution in [2.45, 2.75) is 6.92 Å². The van der Waals surface area contributed by atoms with Crippen LogP contribution in [0.5, 0.6) is 0 Å². The summed E-state index contributed by atoms with van der Waals surface area (Å²) < 4.78 is 1.87. The van der Waals surface area contributed by atoms with Crippen molar-refractivity contribution in [3.05, 3.63) is 48.0 Å². The van der Waals surface area contributed by atoms with E-state index in [0.29, 0.717) is 5.52 Å². The third-order valence-corrected chi connectivity index (χ3v) is 2.67. The number of aromatic nitrogens is 4. The van der Waals surface area contributed by atoms with Gasteiger partial charge in [-0.2, -0.15) is 0 Å². The van der Waals surface area contributed by atoms with Gasteiger partial charge in [-0.05, 0) is 24.6 Å². The molecular weight excluding hydrogens is 214 g/mol. The number of rotatable bonds is 1. The third kappa shape index (κ3) is 1.52. The average molecular weight is 225 g/mol. The summed E-state index contributed by atoms with van der Waals surface area (Å²) in [4.78, 5) is 11.2. The minimum absolute atomic E-state index is 0.210. The fraction of sp³-hybridized carbons (Fsp3) is 0.0833. The summed E-state index contributed by atoms with van der Waals surface area (Å²) in [6, 6.07) is 8.08. The van der Waals surface area contributed by atoms with E-state index in [1.807, 2.05) is 29.7 Å². The van der Waals surface area contributed by atoms with Crippen LogP contribution in [0.1, 0.15) is 5.56 Å². The van der Waals surface area contributed by atoms with Crippen LogP contribution in [0.15, 0.2) is 36.9 Å². The van der Waals surface area contributed by atoms with Crippen molar-refractivity contribution in [1.29, 1.82) is 5.41 Å². The topological polar surface area (TPSA) is 70.3 Å². The van der Waals surface area contributed by atoms with E-state index >= 15 is 0 Å². The van der Waals surface area contributed by atoms with Crippen LogP contribution in [0.25, 0.3) is 16.9 Å². The number of nitrogens with one attached hydrogen (secondary N) is 2. The Bertz CT molecular complexity index is 738. The van der Waals surface area contributed by atoms with Crippen LogP contribution in [0, 0.1) is 12.3 Å². The number of imidazole rings is 1. The summed E-state index contributed by atoms with van der Waals surface area (Å²) in [7, 11) is 0. The Kier molecular flexibility index (Phi) is 2.04. The summed E-state index contributed by atoms with van der Waals surface area (Å²) in [6.45, 7) is 2.04. The second-order valence-corrected chi connectivity index (χ2v) is 3.90. The zero-order valence-electron chi connectivity index (χ0n) is 9.31. The molecule has 2 aromatic heterocycles. The number of H-pyrrole nitrogens is 1. The van der Waals surface area contributed by atoms with Crippen molar-refractivity contribution in [3.63, 3.8) is 0 Å². The van der Waals surface area contributed by atoms with Gasteiger partial charge in [0, 0.05) is 5.69 Å². The van der Waals surface area contributed by atoms with E-state index in [4.69, 9.17) is 5.41 Å². The molecule has 0 saturated carbocycles. The quantitative estimate of drug-likeness (QED) is 0.659. The Morgan fingerprint density at radius 1 is 1.29 bits per heavy atom.